The third-order valence-electron chi connectivity index (χ3n) is 5.34. The molecule has 3 rings (SSSR count). The van der Waals surface area contributed by atoms with Crippen molar-refractivity contribution in [2.75, 3.05) is 19.8 Å². The Morgan fingerprint density at radius 3 is 2.70 bits per heavy atom. The van der Waals surface area contributed by atoms with Gasteiger partial charge in [0.2, 0.25) is 5.91 Å². The van der Waals surface area contributed by atoms with Crippen LogP contribution in [-0.4, -0.2) is 31.7 Å². The fourth-order valence-corrected chi connectivity index (χ4v) is 4.19. The van der Waals surface area contributed by atoms with Crippen LogP contribution in [0.5, 0.6) is 0 Å². The highest BCUT2D eigenvalue weighted by atomic mass is 35.5. The minimum Gasteiger partial charge on any atom is -0.381 e. The number of ether oxygens (including phenoxy) is 1. The number of nitrogens with two attached hydrogens (primary N) is 1. The van der Waals surface area contributed by atoms with Crippen LogP contribution in [-0.2, 0) is 14.9 Å². The second kappa shape index (κ2) is 7.20. The van der Waals surface area contributed by atoms with Gasteiger partial charge in [-0.2, -0.15) is 0 Å². The monoisotopic (exact) mass is 336 g/mol. The highest BCUT2D eigenvalue weighted by molar-refractivity contribution is 6.31. The van der Waals surface area contributed by atoms with E-state index in [2.05, 4.69) is 11.4 Å². The summed E-state index contributed by atoms with van der Waals surface area (Å²) in [5, 5.41) is 3.94. The van der Waals surface area contributed by atoms with Crippen molar-refractivity contribution in [2.24, 2.45) is 11.7 Å². The van der Waals surface area contributed by atoms with E-state index in [9.17, 15) is 4.79 Å². The molecule has 0 radical (unpaired) electrons. The Hall–Kier alpha value is -1.10. The summed E-state index contributed by atoms with van der Waals surface area (Å²) in [4.78, 5) is 12.5. The normalized spacial score (nSPS) is 26.9. The van der Waals surface area contributed by atoms with E-state index < -0.39 is 0 Å². The molecule has 3 N–H and O–H groups in total. The minimum absolute atomic E-state index is 0.0631. The van der Waals surface area contributed by atoms with E-state index in [4.69, 9.17) is 22.1 Å². The summed E-state index contributed by atoms with van der Waals surface area (Å²) in [6, 6.07) is 8.12. The van der Waals surface area contributed by atoms with Gasteiger partial charge >= 0.3 is 0 Å². The van der Waals surface area contributed by atoms with E-state index in [0.717, 1.165) is 42.7 Å². The molecule has 0 unspecified atom stereocenters. The second-order valence-electron chi connectivity index (χ2n) is 6.86. The lowest BCUT2D eigenvalue weighted by atomic mass is 9.74. The van der Waals surface area contributed by atoms with Gasteiger partial charge in [0.15, 0.2) is 0 Å². The lowest BCUT2D eigenvalue weighted by Gasteiger charge is -2.38. The van der Waals surface area contributed by atoms with Crippen molar-refractivity contribution in [3.05, 3.63) is 34.9 Å². The molecule has 0 bridgehead atoms. The fourth-order valence-electron chi connectivity index (χ4n) is 3.85. The number of rotatable bonds is 4. The van der Waals surface area contributed by atoms with Crippen LogP contribution >= 0.6 is 11.6 Å². The molecule has 1 amide bonds. The summed E-state index contributed by atoms with van der Waals surface area (Å²) in [6.45, 7) is 2.02. The summed E-state index contributed by atoms with van der Waals surface area (Å²) in [5.41, 5.74) is 6.91. The first-order valence-corrected chi connectivity index (χ1v) is 8.84. The van der Waals surface area contributed by atoms with E-state index >= 15 is 0 Å². The maximum atomic E-state index is 12.5. The van der Waals surface area contributed by atoms with E-state index in [0.29, 0.717) is 19.8 Å². The van der Waals surface area contributed by atoms with Crippen LogP contribution in [0.25, 0.3) is 0 Å². The van der Waals surface area contributed by atoms with Crippen LogP contribution < -0.4 is 11.1 Å². The molecule has 2 aliphatic rings. The van der Waals surface area contributed by atoms with Crippen LogP contribution in [0.1, 0.15) is 37.7 Å². The topological polar surface area (TPSA) is 64.4 Å². The van der Waals surface area contributed by atoms with Crippen molar-refractivity contribution in [1.29, 1.82) is 0 Å². The van der Waals surface area contributed by atoms with Gasteiger partial charge in [0.05, 0.1) is 0 Å². The molecule has 1 saturated carbocycles. The maximum Gasteiger partial charge on any atom is 0.223 e. The highest BCUT2D eigenvalue weighted by Gasteiger charge is 2.37. The van der Waals surface area contributed by atoms with E-state index in [1.807, 2.05) is 18.2 Å². The third-order valence-corrected chi connectivity index (χ3v) is 5.67. The Labute approximate surface area is 142 Å². The molecular formula is C18H25ClN2O2. The number of carbonyl (C=O) groups excluding carboxylic acids is 1. The third kappa shape index (κ3) is 3.70. The van der Waals surface area contributed by atoms with Gasteiger partial charge in [-0.05, 0) is 43.7 Å². The molecule has 1 saturated heterocycles. The van der Waals surface area contributed by atoms with E-state index in [1.54, 1.807) is 0 Å². The largest absolute Gasteiger partial charge is 0.381 e. The SMILES string of the molecule is N[C@@H]1CC[C@H](C(=O)NCC2(c3ccccc3Cl)CCOCC2)C1. The number of hydrogen-bond acceptors (Lipinski definition) is 3. The molecule has 2 fully saturated rings. The van der Waals surface area contributed by atoms with Crippen LogP contribution in [0.15, 0.2) is 24.3 Å². The van der Waals surface area contributed by atoms with Gasteiger partial charge in [0.25, 0.3) is 0 Å². The van der Waals surface area contributed by atoms with Crippen LogP contribution in [0.2, 0.25) is 5.02 Å². The van der Waals surface area contributed by atoms with Crippen molar-refractivity contribution in [2.45, 2.75) is 43.6 Å². The summed E-state index contributed by atoms with van der Waals surface area (Å²) < 4.78 is 5.53. The van der Waals surface area contributed by atoms with Crippen LogP contribution in [0.4, 0.5) is 0 Å². The number of nitrogens with one attached hydrogen (secondary N) is 1. The molecule has 126 valence electrons. The van der Waals surface area contributed by atoms with Gasteiger partial charge in [-0.1, -0.05) is 29.8 Å². The molecule has 1 aromatic carbocycles. The van der Waals surface area contributed by atoms with Gasteiger partial charge < -0.3 is 15.8 Å². The summed E-state index contributed by atoms with van der Waals surface area (Å²) in [5.74, 6) is 0.198. The first-order valence-electron chi connectivity index (χ1n) is 8.47. The average molecular weight is 337 g/mol. The molecule has 1 aliphatic heterocycles. The second-order valence-corrected chi connectivity index (χ2v) is 7.27. The van der Waals surface area contributed by atoms with Crippen LogP contribution in [0, 0.1) is 5.92 Å². The lowest BCUT2D eigenvalue weighted by molar-refractivity contribution is -0.125. The smallest absolute Gasteiger partial charge is 0.223 e. The van der Waals surface area contributed by atoms with E-state index in [1.165, 1.54) is 0 Å². The van der Waals surface area contributed by atoms with Gasteiger partial charge in [0.1, 0.15) is 0 Å². The number of carbonyl (C=O) groups is 1. The molecule has 1 aromatic rings. The number of amides is 1. The van der Waals surface area contributed by atoms with Gasteiger partial charge in [-0.3, -0.25) is 4.79 Å². The molecule has 5 heteroatoms. The molecule has 2 atom stereocenters. The zero-order chi connectivity index (χ0) is 16.3. The zero-order valence-corrected chi connectivity index (χ0v) is 14.1. The maximum absolute atomic E-state index is 12.5. The first-order chi connectivity index (χ1) is 11.1. The standard InChI is InChI=1S/C18H25ClN2O2/c19-16-4-2-1-3-15(16)18(7-9-23-10-8-18)12-21-17(22)13-5-6-14(20)11-13/h1-4,13-14H,5-12,20H2,(H,21,22)/t13-,14+/m0/s1. The van der Waals surface area contributed by atoms with Crippen molar-refractivity contribution >= 4 is 17.5 Å². The fraction of sp³-hybridized carbons (Fsp3) is 0.611. The summed E-state index contributed by atoms with van der Waals surface area (Å²) >= 11 is 6.44. The highest BCUT2D eigenvalue weighted by Crippen LogP contribution is 2.38. The van der Waals surface area contributed by atoms with Crippen molar-refractivity contribution < 1.29 is 9.53 Å². The number of halogens is 1. The van der Waals surface area contributed by atoms with Crippen molar-refractivity contribution in [3.8, 4) is 0 Å². The predicted octanol–water partition coefficient (Wildman–Crippen LogP) is 2.63. The van der Waals surface area contributed by atoms with Gasteiger partial charge in [-0.25, -0.2) is 0 Å². The minimum atomic E-state index is -0.132. The molecule has 4 nitrogen and oxygen atoms in total. The number of hydrogen-bond donors (Lipinski definition) is 2. The Morgan fingerprint density at radius 2 is 2.04 bits per heavy atom. The molecule has 1 heterocycles. The van der Waals surface area contributed by atoms with Crippen molar-refractivity contribution in [1.82, 2.24) is 5.32 Å². The van der Waals surface area contributed by atoms with Crippen LogP contribution in [0.3, 0.4) is 0 Å². The predicted molar refractivity (Wildman–Crippen MR) is 91.5 cm³/mol. The molecular weight excluding hydrogens is 312 g/mol. The average Bonchev–Trinajstić information content (AvgIpc) is 3.00. The Bertz CT molecular complexity index is 558. The lowest BCUT2D eigenvalue weighted by Crippen LogP contribution is -2.46. The molecule has 0 aromatic heterocycles. The summed E-state index contributed by atoms with van der Waals surface area (Å²) in [7, 11) is 0. The Kier molecular flexibility index (Phi) is 5.24. The Morgan fingerprint density at radius 1 is 1.30 bits per heavy atom. The van der Waals surface area contributed by atoms with E-state index in [-0.39, 0.29) is 23.3 Å². The summed E-state index contributed by atoms with van der Waals surface area (Å²) in [6.07, 6.45) is 4.40. The van der Waals surface area contributed by atoms with Gasteiger partial charge in [0, 0.05) is 42.2 Å². The molecule has 1 aliphatic carbocycles. The Balaban J connectivity index is 1.72. The first kappa shape index (κ1) is 16.7. The molecule has 0 spiro atoms. The molecule has 23 heavy (non-hydrogen) atoms. The zero-order valence-electron chi connectivity index (χ0n) is 13.4. The quantitative estimate of drug-likeness (QED) is 0.888. The number of benzene rings is 1. The van der Waals surface area contributed by atoms with Gasteiger partial charge in [-0.15, -0.1) is 0 Å². The van der Waals surface area contributed by atoms with Crippen molar-refractivity contribution in [3.63, 3.8) is 0 Å².